The van der Waals surface area contributed by atoms with Crippen LogP contribution in [-0.4, -0.2) is 19.8 Å². The van der Waals surface area contributed by atoms with Gasteiger partial charge in [-0.15, -0.1) is 0 Å². The molecule has 0 spiro atoms. The van der Waals surface area contributed by atoms with Gasteiger partial charge in [-0.1, -0.05) is 30.3 Å². The molecule has 0 aliphatic heterocycles. The molecule has 2 rings (SSSR count). The van der Waals surface area contributed by atoms with Crippen LogP contribution in [0.4, 0.5) is 13.2 Å². The van der Waals surface area contributed by atoms with Gasteiger partial charge < -0.3 is 0 Å². The summed E-state index contributed by atoms with van der Waals surface area (Å²) in [6.07, 6.45) is -4.45. The summed E-state index contributed by atoms with van der Waals surface area (Å²) in [5.74, 6) is 0. The van der Waals surface area contributed by atoms with Gasteiger partial charge in [0, 0.05) is 13.6 Å². The lowest BCUT2D eigenvalue weighted by atomic mass is 10.1. The number of hydrogen-bond donors (Lipinski definition) is 0. The second kappa shape index (κ2) is 6.33. The van der Waals surface area contributed by atoms with E-state index in [1.807, 2.05) is 0 Å². The Bertz CT molecular complexity index is 801. The summed E-state index contributed by atoms with van der Waals surface area (Å²) in [5.41, 5.74) is 0.272. The lowest BCUT2D eigenvalue weighted by Crippen LogP contribution is -2.26. The Hall–Kier alpha value is -1.86. The molecule has 0 unspecified atom stereocenters. The molecule has 0 saturated carbocycles. The second-order valence-electron chi connectivity index (χ2n) is 5.28. The average Bonchev–Trinajstić information content (AvgIpc) is 2.46. The van der Waals surface area contributed by atoms with Gasteiger partial charge in [-0.3, -0.25) is 0 Å². The van der Waals surface area contributed by atoms with Crippen LogP contribution in [0.3, 0.4) is 0 Å². The molecule has 0 atom stereocenters. The monoisotopic (exact) mass is 343 g/mol. The molecule has 2 aromatic carbocycles. The van der Waals surface area contributed by atoms with Crippen molar-refractivity contribution in [3.05, 3.63) is 65.2 Å². The van der Waals surface area contributed by atoms with Crippen molar-refractivity contribution in [2.24, 2.45) is 0 Å². The van der Waals surface area contributed by atoms with E-state index < -0.39 is 21.8 Å². The van der Waals surface area contributed by atoms with Gasteiger partial charge in [0.1, 0.15) is 0 Å². The maximum Gasteiger partial charge on any atom is 0.416 e. The van der Waals surface area contributed by atoms with Crippen molar-refractivity contribution in [3.8, 4) is 0 Å². The van der Waals surface area contributed by atoms with Gasteiger partial charge in [0.15, 0.2) is 0 Å². The number of benzene rings is 2. The van der Waals surface area contributed by atoms with E-state index in [1.54, 1.807) is 19.1 Å². The summed E-state index contributed by atoms with van der Waals surface area (Å²) in [7, 11) is -2.41. The molecular formula is C16H16F3NO2S. The maximum absolute atomic E-state index is 12.7. The number of hydrogen-bond acceptors (Lipinski definition) is 2. The fourth-order valence-electron chi connectivity index (χ4n) is 2.14. The van der Waals surface area contributed by atoms with E-state index in [-0.39, 0.29) is 17.0 Å². The van der Waals surface area contributed by atoms with Crippen molar-refractivity contribution in [1.29, 1.82) is 0 Å². The van der Waals surface area contributed by atoms with Gasteiger partial charge in [-0.05, 0) is 36.2 Å². The molecule has 124 valence electrons. The number of rotatable bonds is 4. The van der Waals surface area contributed by atoms with E-state index >= 15 is 0 Å². The van der Waals surface area contributed by atoms with Gasteiger partial charge in [0.25, 0.3) is 0 Å². The summed E-state index contributed by atoms with van der Waals surface area (Å²) in [6.45, 7) is 1.63. The van der Waals surface area contributed by atoms with Crippen LogP contribution >= 0.6 is 0 Å². The fraction of sp³-hybridized carbons (Fsp3) is 0.250. The minimum atomic E-state index is -4.45. The molecule has 0 bridgehead atoms. The first-order valence-corrected chi connectivity index (χ1v) is 8.24. The van der Waals surface area contributed by atoms with Crippen molar-refractivity contribution in [2.75, 3.05) is 7.05 Å². The van der Waals surface area contributed by atoms with E-state index in [0.29, 0.717) is 0 Å². The van der Waals surface area contributed by atoms with Gasteiger partial charge in [-0.2, -0.15) is 17.5 Å². The predicted molar refractivity (Wildman–Crippen MR) is 81.3 cm³/mol. The summed E-state index contributed by atoms with van der Waals surface area (Å²) in [5, 5.41) is 0. The molecule has 3 nitrogen and oxygen atoms in total. The predicted octanol–water partition coefficient (Wildman–Crippen LogP) is 3.83. The first kappa shape index (κ1) is 17.5. The fourth-order valence-corrected chi connectivity index (χ4v) is 3.41. The third-order valence-electron chi connectivity index (χ3n) is 3.36. The Morgan fingerprint density at radius 1 is 1.04 bits per heavy atom. The highest BCUT2D eigenvalue weighted by Crippen LogP contribution is 2.30. The van der Waals surface area contributed by atoms with Crippen molar-refractivity contribution >= 4 is 10.0 Å². The first-order valence-electron chi connectivity index (χ1n) is 6.80. The second-order valence-corrected chi connectivity index (χ2v) is 7.32. The summed E-state index contributed by atoms with van der Waals surface area (Å²) in [6, 6.07) is 11.0. The number of aryl methyl sites for hydroxylation is 1. The minimum absolute atomic E-state index is 0.118. The van der Waals surface area contributed by atoms with Gasteiger partial charge in [-0.25, -0.2) is 8.42 Å². The molecule has 0 aromatic heterocycles. The van der Waals surface area contributed by atoms with Crippen molar-refractivity contribution < 1.29 is 21.6 Å². The summed E-state index contributed by atoms with van der Waals surface area (Å²) < 4.78 is 64.1. The molecule has 0 N–H and O–H groups in total. The Labute approximate surface area is 133 Å². The van der Waals surface area contributed by atoms with E-state index in [4.69, 9.17) is 0 Å². The average molecular weight is 343 g/mol. The summed E-state index contributed by atoms with van der Waals surface area (Å²) in [4.78, 5) is 0.118. The quantitative estimate of drug-likeness (QED) is 0.846. The van der Waals surface area contributed by atoms with Crippen LogP contribution in [0.1, 0.15) is 16.7 Å². The third-order valence-corrected chi connectivity index (χ3v) is 5.16. The Kier molecular flexibility index (Phi) is 4.81. The molecule has 0 aliphatic rings. The number of halogens is 3. The van der Waals surface area contributed by atoms with E-state index in [2.05, 4.69) is 0 Å². The lowest BCUT2D eigenvalue weighted by Gasteiger charge is -2.18. The van der Waals surface area contributed by atoms with Crippen molar-refractivity contribution in [3.63, 3.8) is 0 Å². The zero-order chi connectivity index (χ0) is 17.3. The van der Waals surface area contributed by atoms with Crippen LogP contribution in [-0.2, 0) is 22.7 Å². The normalized spacial score (nSPS) is 12.6. The van der Waals surface area contributed by atoms with Gasteiger partial charge >= 0.3 is 6.18 Å². The molecule has 0 radical (unpaired) electrons. The van der Waals surface area contributed by atoms with Gasteiger partial charge in [0.2, 0.25) is 10.0 Å². The third kappa shape index (κ3) is 4.11. The summed E-state index contributed by atoms with van der Waals surface area (Å²) >= 11 is 0. The van der Waals surface area contributed by atoms with Crippen LogP contribution in [0, 0.1) is 6.92 Å². The molecule has 0 heterocycles. The Balaban J connectivity index is 2.27. The van der Waals surface area contributed by atoms with E-state index in [1.165, 1.54) is 31.3 Å². The SMILES string of the molecule is Cc1cccc(S(=O)(=O)N(C)Cc2cccc(C(F)(F)F)c2)c1. The molecule has 0 aliphatic carbocycles. The number of sulfonamides is 1. The number of alkyl halides is 3. The number of nitrogens with zero attached hydrogens (tertiary/aromatic N) is 1. The van der Waals surface area contributed by atoms with Crippen LogP contribution in [0.15, 0.2) is 53.4 Å². The van der Waals surface area contributed by atoms with Crippen LogP contribution in [0.2, 0.25) is 0 Å². The Morgan fingerprint density at radius 3 is 2.30 bits per heavy atom. The largest absolute Gasteiger partial charge is 0.416 e. The van der Waals surface area contributed by atoms with Crippen LogP contribution < -0.4 is 0 Å². The molecular weight excluding hydrogens is 327 g/mol. The topological polar surface area (TPSA) is 37.4 Å². The van der Waals surface area contributed by atoms with Crippen molar-refractivity contribution in [1.82, 2.24) is 4.31 Å². The molecule has 0 amide bonds. The zero-order valence-electron chi connectivity index (χ0n) is 12.6. The van der Waals surface area contributed by atoms with Gasteiger partial charge in [0.05, 0.1) is 10.5 Å². The first-order chi connectivity index (χ1) is 10.6. The molecule has 7 heteroatoms. The van der Waals surface area contributed by atoms with Crippen LogP contribution in [0.5, 0.6) is 0 Å². The van der Waals surface area contributed by atoms with Crippen LogP contribution in [0.25, 0.3) is 0 Å². The highest BCUT2D eigenvalue weighted by Gasteiger charge is 2.30. The molecule has 23 heavy (non-hydrogen) atoms. The van der Waals surface area contributed by atoms with E-state index in [0.717, 1.165) is 22.0 Å². The minimum Gasteiger partial charge on any atom is -0.207 e. The highest BCUT2D eigenvalue weighted by atomic mass is 32.2. The zero-order valence-corrected chi connectivity index (χ0v) is 13.4. The molecule has 0 saturated heterocycles. The standard InChI is InChI=1S/C16H16F3NO2S/c1-12-5-3-8-15(9-12)23(21,22)20(2)11-13-6-4-7-14(10-13)16(17,18)19/h3-10H,11H2,1-2H3. The molecule has 2 aromatic rings. The Morgan fingerprint density at radius 2 is 1.70 bits per heavy atom. The smallest absolute Gasteiger partial charge is 0.207 e. The van der Waals surface area contributed by atoms with E-state index in [9.17, 15) is 21.6 Å². The van der Waals surface area contributed by atoms with Crippen molar-refractivity contribution in [2.45, 2.75) is 24.5 Å². The highest BCUT2D eigenvalue weighted by molar-refractivity contribution is 7.89. The lowest BCUT2D eigenvalue weighted by molar-refractivity contribution is -0.137. The molecule has 0 fully saturated rings. The maximum atomic E-state index is 12.7.